The highest BCUT2D eigenvalue weighted by Crippen LogP contribution is 2.34. The number of rotatable bonds is 3. The van der Waals surface area contributed by atoms with Crippen molar-refractivity contribution in [1.82, 2.24) is 0 Å². The summed E-state index contributed by atoms with van der Waals surface area (Å²) in [7, 11) is 0. The molecule has 0 saturated carbocycles. The highest BCUT2D eigenvalue weighted by Gasteiger charge is 2.45. The second-order valence-electron chi connectivity index (χ2n) is 7.06. The number of hydrogen-bond acceptors (Lipinski definition) is 6. The molecular formula is C17H26O6. The summed E-state index contributed by atoms with van der Waals surface area (Å²) in [5.74, 6) is 0.535. The molecule has 23 heavy (non-hydrogen) atoms. The first-order valence-corrected chi connectivity index (χ1v) is 7.73. The zero-order valence-corrected chi connectivity index (χ0v) is 13.9. The van der Waals surface area contributed by atoms with Crippen molar-refractivity contribution in [1.29, 1.82) is 0 Å². The smallest absolute Gasteiger partial charge is 0.229 e. The molecule has 4 N–H and O–H groups in total. The highest BCUT2D eigenvalue weighted by molar-refractivity contribution is 5.41. The molecule has 1 fully saturated rings. The van der Waals surface area contributed by atoms with Crippen LogP contribution >= 0.6 is 0 Å². The summed E-state index contributed by atoms with van der Waals surface area (Å²) in [5.41, 5.74) is 1.83. The highest BCUT2D eigenvalue weighted by atomic mass is 16.7. The van der Waals surface area contributed by atoms with Crippen LogP contribution in [0, 0.1) is 6.92 Å². The number of aliphatic hydroxyl groups excluding tert-OH is 4. The normalized spacial score (nSPS) is 31.9. The molecule has 1 aromatic rings. The van der Waals surface area contributed by atoms with Gasteiger partial charge in [-0.15, -0.1) is 0 Å². The van der Waals surface area contributed by atoms with Gasteiger partial charge in [0.15, 0.2) is 0 Å². The van der Waals surface area contributed by atoms with E-state index in [-0.39, 0.29) is 5.41 Å². The topological polar surface area (TPSA) is 99.4 Å². The SMILES string of the molecule is Cc1ccc(O[C@@H]2O[C@H](CO)[C@H](O)[C@H](O)[C@H]2O)c(C(C)(C)C)c1. The van der Waals surface area contributed by atoms with Gasteiger partial charge in [-0.05, 0) is 24.0 Å². The molecule has 1 aliphatic rings. The molecule has 1 heterocycles. The average molecular weight is 326 g/mol. The fraction of sp³-hybridized carbons (Fsp3) is 0.647. The molecule has 0 aromatic heterocycles. The summed E-state index contributed by atoms with van der Waals surface area (Å²) >= 11 is 0. The Morgan fingerprint density at radius 1 is 1.09 bits per heavy atom. The molecule has 1 aromatic carbocycles. The van der Waals surface area contributed by atoms with E-state index in [0.29, 0.717) is 5.75 Å². The van der Waals surface area contributed by atoms with Crippen molar-refractivity contribution in [3.05, 3.63) is 29.3 Å². The number of hydrogen-bond donors (Lipinski definition) is 4. The van der Waals surface area contributed by atoms with Gasteiger partial charge in [0, 0.05) is 0 Å². The van der Waals surface area contributed by atoms with Crippen molar-refractivity contribution in [2.24, 2.45) is 0 Å². The zero-order chi connectivity index (χ0) is 17.4. The Balaban J connectivity index is 2.28. The standard InChI is InChI=1S/C17H26O6/c1-9-5-6-11(10(7-9)17(2,3)4)22-16-15(21)14(20)13(19)12(8-18)23-16/h5-7,12-16,18-21H,8H2,1-4H3/t12-,13+,14+,15-,16-/m1/s1. The van der Waals surface area contributed by atoms with Crippen LogP contribution in [0.25, 0.3) is 0 Å². The van der Waals surface area contributed by atoms with Crippen molar-refractivity contribution in [2.45, 2.75) is 63.8 Å². The second-order valence-corrected chi connectivity index (χ2v) is 7.06. The van der Waals surface area contributed by atoms with Crippen LogP contribution in [0.15, 0.2) is 18.2 Å². The Bertz CT molecular complexity index is 536. The van der Waals surface area contributed by atoms with Crippen LogP contribution < -0.4 is 4.74 Å². The first-order chi connectivity index (χ1) is 10.6. The third kappa shape index (κ3) is 3.84. The van der Waals surface area contributed by atoms with Gasteiger partial charge in [0.1, 0.15) is 30.2 Å². The first kappa shape index (κ1) is 18.2. The van der Waals surface area contributed by atoms with Crippen LogP contribution in [0.2, 0.25) is 0 Å². The molecule has 0 radical (unpaired) electrons. The van der Waals surface area contributed by atoms with Gasteiger partial charge in [-0.25, -0.2) is 0 Å². The Morgan fingerprint density at radius 2 is 1.74 bits per heavy atom. The number of aliphatic hydroxyl groups is 4. The van der Waals surface area contributed by atoms with Crippen LogP contribution in [-0.2, 0) is 10.2 Å². The summed E-state index contributed by atoms with van der Waals surface area (Å²) in [5, 5.41) is 39.0. The molecule has 5 atom stereocenters. The summed E-state index contributed by atoms with van der Waals surface area (Å²) in [4.78, 5) is 0. The Kier molecular flexibility index (Phi) is 5.33. The van der Waals surface area contributed by atoms with Gasteiger partial charge in [0.05, 0.1) is 6.61 Å². The van der Waals surface area contributed by atoms with Crippen LogP contribution in [0.1, 0.15) is 31.9 Å². The van der Waals surface area contributed by atoms with Gasteiger partial charge in [-0.2, -0.15) is 0 Å². The first-order valence-electron chi connectivity index (χ1n) is 7.73. The quantitative estimate of drug-likeness (QED) is 0.644. The molecule has 0 amide bonds. The van der Waals surface area contributed by atoms with E-state index in [0.717, 1.165) is 11.1 Å². The van der Waals surface area contributed by atoms with Crippen LogP contribution in [0.4, 0.5) is 0 Å². The monoisotopic (exact) mass is 326 g/mol. The van der Waals surface area contributed by atoms with E-state index in [2.05, 4.69) is 0 Å². The number of benzene rings is 1. The van der Waals surface area contributed by atoms with Crippen LogP contribution in [0.3, 0.4) is 0 Å². The Hall–Kier alpha value is -1.18. The molecule has 6 nitrogen and oxygen atoms in total. The summed E-state index contributed by atoms with van der Waals surface area (Å²) in [6, 6.07) is 5.67. The molecular weight excluding hydrogens is 300 g/mol. The third-order valence-electron chi connectivity index (χ3n) is 4.03. The molecule has 130 valence electrons. The lowest BCUT2D eigenvalue weighted by atomic mass is 9.85. The Labute approximate surface area is 136 Å². The predicted molar refractivity (Wildman–Crippen MR) is 84.3 cm³/mol. The molecule has 2 rings (SSSR count). The molecule has 0 aliphatic carbocycles. The van der Waals surface area contributed by atoms with Crippen molar-refractivity contribution in [3.8, 4) is 5.75 Å². The van der Waals surface area contributed by atoms with Gasteiger partial charge in [0.25, 0.3) is 0 Å². The Morgan fingerprint density at radius 3 is 2.30 bits per heavy atom. The zero-order valence-electron chi connectivity index (χ0n) is 13.9. The van der Waals surface area contributed by atoms with Gasteiger partial charge < -0.3 is 29.9 Å². The molecule has 0 bridgehead atoms. The molecule has 1 aliphatic heterocycles. The van der Waals surface area contributed by atoms with Crippen LogP contribution in [0.5, 0.6) is 5.75 Å². The second kappa shape index (κ2) is 6.75. The lowest BCUT2D eigenvalue weighted by molar-refractivity contribution is -0.277. The fourth-order valence-corrected chi connectivity index (χ4v) is 2.62. The predicted octanol–water partition coefficient (Wildman–Crippen LogP) is 0.471. The van der Waals surface area contributed by atoms with E-state index in [1.54, 1.807) is 6.07 Å². The number of ether oxygens (including phenoxy) is 2. The summed E-state index contributed by atoms with van der Waals surface area (Å²) in [6.07, 6.45) is -6.41. The van der Waals surface area contributed by atoms with Crippen molar-refractivity contribution in [3.63, 3.8) is 0 Å². The molecule has 0 spiro atoms. The largest absolute Gasteiger partial charge is 0.462 e. The van der Waals surface area contributed by atoms with Crippen molar-refractivity contribution in [2.75, 3.05) is 6.61 Å². The van der Waals surface area contributed by atoms with Crippen molar-refractivity contribution < 1.29 is 29.9 Å². The lowest BCUT2D eigenvalue weighted by Crippen LogP contribution is -2.60. The van der Waals surface area contributed by atoms with Gasteiger partial charge in [-0.1, -0.05) is 38.5 Å². The van der Waals surface area contributed by atoms with E-state index in [1.165, 1.54) is 0 Å². The minimum absolute atomic E-state index is 0.185. The summed E-state index contributed by atoms with van der Waals surface area (Å²) in [6.45, 7) is 7.63. The van der Waals surface area contributed by atoms with Crippen LogP contribution in [-0.4, -0.2) is 57.7 Å². The van der Waals surface area contributed by atoms with Gasteiger partial charge in [0.2, 0.25) is 6.29 Å². The molecule has 6 heteroatoms. The number of aryl methyl sites for hydroxylation is 1. The van der Waals surface area contributed by atoms with E-state index in [4.69, 9.17) is 9.47 Å². The van der Waals surface area contributed by atoms with E-state index in [1.807, 2.05) is 39.8 Å². The summed E-state index contributed by atoms with van der Waals surface area (Å²) < 4.78 is 11.2. The van der Waals surface area contributed by atoms with E-state index in [9.17, 15) is 20.4 Å². The minimum Gasteiger partial charge on any atom is -0.462 e. The maximum Gasteiger partial charge on any atom is 0.229 e. The van der Waals surface area contributed by atoms with E-state index < -0.39 is 37.3 Å². The van der Waals surface area contributed by atoms with E-state index >= 15 is 0 Å². The third-order valence-corrected chi connectivity index (χ3v) is 4.03. The maximum absolute atomic E-state index is 10.1. The average Bonchev–Trinajstić information content (AvgIpc) is 2.48. The molecule has 0 unspecified atom stereocenters. The maximum atomic E-state index is 10.1. The minimum atomic E-state index is -1.45. The lowest BCUT2D eigenvalue weighted by Gasteiger charge is -2.40. The van der Waals surface area contributed by atoms with Crippen molar-refractivity contribution >= 4 is 0 Å². The van der Waals surface area contributed by atoms with Gasteiger partial charge >= 0.3 is 0 Å². The fourth-order valence-electron chi connectivity index (χ4n) is 2.62. The van der Waals surface area contributed by atoms with Gasteiger partial charge in [-0.3, -0.25) is 0 Å². The molecule has 1 saturated heterocycles.